The minimum Gasteiger partial charge on any atom is -0.463 e. The Kier molecular flexibility index (Phi) is 6.42. The molecule has 0 unspecified atom stereocenters. The number of aromatic nitrogens is 3. The van der Waals surface area contributed by atoms with Gasteiger partial charge in [0.2, 0.25) is 10.6 Å². The number of ether oxygens (including phenoxy) is 1. The molecule has 0 radical (unpaired) electrons. The lowest BCUT2D eigenvalue weighted by atomic mass is 10.2. The molecule has 0 aliphatic heterocycles. The fourth-order valence-corrected chi connectivity index (χ4v) is 1.59. The van der Waals surface area contributed by atoms with Crippen LogP contribution in [0.15, 0.2) is 0 Å². The van der Waals surface area contributed by atoms with Crippen LogP contribution in [0.5, 0.6) is 6.01 Å². The van der Waals surface area contributed by atoms with Gasteiger partial charge in [0.05, 0.1) is 6.61 Å². The molecule has 0 fully saturated rings. The molecule has 0 saturated heterocycles. The van der Waals surface area contributed by atoms with Crippen LogP contribution in [0.1, 0.15) is 39.0 Å². The number of hydrogen-bond donors (Lipinski definition) is 0. The maximum absolute atomic E-state index is 5.60. The maximum Gasteiger partial charge on any atom is 0.322 e. The summed E-state index contributed by atoms with van der Waals surface area (Å²) in [5, 5.41) is 0.113. The molecule has 0 bridgehead atoms. The fraction of sp³-hybridized carbons (Fsp3) is 0.700. The summed E-state index contributed by atoms with van der Waals surface area (Å²) in [6, 6.07) is 0.195. The van der Waals surface area contributed by atoms with Crippen molar-refractivity contribution in [3.63, 3.8) is 0 Å². The highest BCUT2D eigenvalue weighted by Crippen LogP contribution is 2.12. The molecule has 6 heteroatoms. The van der Waals surface area contributed by atoms with Gasteiger partial charge in [0.1, 0.15) is 0 Å². The van der Waals surface area contributed by atoms with E-state index >= 15 is 0 Å². The van der Waals surface area contributed by atoms with Crippen LogP contribution in [0.2, 0.25) is 10.6 Å². The van der Waals surface area contributed by atoms with E-state index in [9.17, 15) is 0 Å². The summed E-state index contributed by atoms with van der Waals surface area (Å²) in [6.07, 6.45) is 5.88. The minimum atomic E-state index is 0.0565. The normalized spacial score (nSPS) is 10.4. The minimum absolute atomic E-state index is 0.0565. The van der Waals surface area contributed by atoms with E-state index in [4.69, 9.17) is 27.9 Å². The largest absolute Gasteiger partial charge is 0.463 e. The number of hydrogen-bond acceptors (Lipinski definition) is 4. The molecule has 0 aliphatic rings. The third kappa shape index (κ3) is 5.47. The van der Waals surface area contributed by atoms with Crippen molar-refractivity contribution in [1.29, 1.82) is 0 Å². The quantitative estimate of drug-likeness (QED) is 0.707. The second kappa shape index (κ2) is 7.63. The lowest BCUT2D eigenvalue weighted by Crippen LogP contribution is -2.02. The monoisotopic (exact) mass is 263 g/mol. The Bertz CT molecular complexity index is 303. The van der Waals surface area contributed by atoms with Crippen LogP contribution in [0.4, 0.5) is 0 Å². The molecule has 0 saturated carbocycles. The molecule has 1 heterocycles. The van der Waals surface area contributed by atoms with Crippen molar-refractivity contribution < 1.29 is 4.74 Å². The molecular weight excluding hydrogens is 249 g/mol. The van der Waals surface area contributed by atoms with Gasteiger partial charge < -0.3 is 4.74 Å². The van der Waals surface area contributed by atoms with Gasteiger partial charge in [-0.05, 0) is 29.6 Å². The molecular formula is C10H15Cl2N3O. The van der Waals surface area contributed by atoms with Crippen LogP contribution in [-0.2, 0) is 0 Å². The zero-order valence-electron chi connectivity index (χ0n) is 9.25. The predicted octanol–water partition coefficient (Wildman–Crippen LogP) is 3.53. The van der Waals surface area contributed by atoms with Gasteiger partial charge in [-0.2, -0.15) is 15.0 Å². The third-order valence-electron chi connectivity index (χ3n) is 2.04. The van der Waals surface area contributed by atoms with Gasteiger partial charge in [-0.25, -0.2) is 0 Å². The molecule has 90 valence electrons. The number of unbranched alkanes of at least 4 members (excludes halogenated alkanes) is 4. The van der Waals surface area contributed by atoms with Crippen LogP contribution in [0.3, 0.4) is 0 Å². The molecule has 4 nitrogen and oxygen atoms in total. The molecule has 0 N–H and O–H groups in total. The Hall–Kier alpha value is -0.610. The summed E-state index contributed by atoms with van der Waals surface area (Å²) in [5.41, 5.74) is 0. The molecule has 0 aliphatic carbocycles. The molecule has 0 atom stereocenters. The summed E-state index contributed by atoms with van der Waals surface area (Å²) in [5.74, 6) is 0. The Balaban J connectivity index is 2.21. The van der Waals surface area contributed by atoms with Crippen molar-refractivity contribution >= 4 is 23.2 Å². The number of halogens is 2. The van der Waals surface area contributed by atoms with E-state index in [0.717, 1.165) is 12.8 Å². The zero-order chi connectivity index (χ0) is 11.8. The fourth-order valence-electron chi connectivity index (χ4n) is 1.24. The highest BCUT2D eigenvalue weighted by atomic mass is 35.5. The zero-order valence-corrected chi connectivity index (χ0v) is 10.8. The number of nitrogens with zero attached hydrogens (tertiary/aromatic N) is 3. The predicted molar refractivity (Wildman–Crippen MR) is 64.1 cm³/mol. The second-order valence-corrected chi connectivity index (χ2v) is 4.09. The van der Waals surface area contributed by atoms with E-state index in [-0.39, 0.29) is 16.6 Å². The summed E-state index contributed by atoms with van der Waals surface area (Å²) >= 11 is 11.2. The topological polar surface area (TPSA) is 47.9 Å². The molecule has 1 rings (SSSR count). The average Bonchev–Trinajstić information content (AvgIpc) is 2.22. The van der Waals surface area contributed by atoms with Crippen molar-refractivity contribution in [2.45, 2.75) is 39.0 Å². The summed E-state index contributed by atoms with van der Waals surface area (Å²) in [6.45, 7) is 2.77. The van der Waals surface area contributed by atoms with E-state index in [1.165, 1.54) is 19.3 Å². The lowest BCUT2D eigenvalue weighted by Gasteiger charge is -2.04. The van der Waals surface area contributed by atoms with E-state index in [0.29, 0.717) is 6.61 Å². The van der Waals surface area contributed by atoms with Gasteiger partial charge in [-0.15, -0.1) is 0 Å². The van der Waals surface area contributed by atoms with E-state index in [1.807, 2.05) is 0 Å². The van der Waals surface area contributed by atoms with E-state index < -0.39 is 0 Å². The third-order valence-corrected chi connectivity index (χ3v) is 2.38. The van der Waals surface area contributed by atoms with Crippen LogP contribution >= 0.6 is 23.2 Å². The Morgan fingerprint density at radius 2 is 1.56 bits per heavy atom. The van der Waals surface area contributed by atoms with Gasteiger partial charge >= 0.3 is 6.01 Å². The second-order valence-electron chi connectivity index (χ2n) is 3.42. The summed E-state index contributed by atoms with van der Waals surface area (Å²) in [7, 11) is 0. The van der Waals surface area contributed by atoms with E-state index in [1.54, 1.807) is 0 Å². The Morgan fingerprint density at radius 3 is 2.19 bits per heavy atom. The van der Waals surface area contributed by atoms with Crippen LogP contribution in [-0.4, -0.2) is 21.6 Å². The van der Waals surface area contributed by atoms with Gasteiger partial charge in [0.25, 0.3) is 0 Å². The Morgan fingerprint density at radius 1 is 0.938 bits per heavy atom. The van der Waals surface area contributed by atoms with Gasteiger partial charge in [0.15, 0.2) is 0 Å². The molecule has 0 spiro atoms. The van der Waals surface area contributed by atoms with Crippen molar-refractivity contribution in [3.8, 4) is 6.01 Å². The number of rotatable bonds is 7. The lowest BCUT2D eigenvalue weighted by molar-refractivity contribution is 0.280. The summed E-state index contributed by atoms with van der Waals surface area (Å²) in [4.78, 5) is 11.2. The van der Waals surface area contributed by atoms with Gasteiger partial charge in [-0.1, -0.05) is 32.6 Å². The highest BCUT2D eigenvalue weighted by Gasteiger charge is 2.03. The standard InChI is InChI=1S/C10H15Cl2N3O/c1-2-3-4-5-6-7-16-10-14-8(11)13-9(12)15-10/h2-7H2,1H3. The van der Waals surface area contributed by atoms with Gasteiger partial charge in [0, 0.05) is 0 Å². The van der Waals surface area contributed by atoms with E-state index in [2.05, 4.69) is 21.9 Å². The van der Waals surface area contributed by atoms with Crippen LogP contribution in [0.25, 0.3) is 0 Å². The first-order valence-corrected chi connectivity index (χ1v) is 6.18. The molecule has 16 heavy (non-hydrogen) atoms. The van der Waals surface area contributed by atoms with Gasteiger partial charge in [-0.3, -0.25) is 0 Å². The first-order chi connectivity index (χ1) is 7.72. The van der Waals surface area contributed by atoms with Crippen molar-refractivity contribution in [2.24, 2.45) is 0 Å². The van der Waals surface area contributed by atoms with Crippen LogP contribution in [0, 0.1) is 0 Å². The van der Waals surface area contributed by atoms with Crippen molar-refractivity contribution in [1.82, 2.24) is 15.0 Å². The van der Waals surface area contributed by atoms with Crippen LogP contribution < -0.4 is 4.74 Å². The van der Waals surface area contributed by atoms with Crippen molar-refractivity contribution in [2.75, 3.05) is 6.61 Å². The smallest absolute Gasteiger partial charge is 0.322 e. The molecule has 1 aromatic rings. The first-order valence-electron chi connectivity index (χ1n) is 5.42. The molecule has 0 amide bonds. The van der Waals surface area contributed by atoms with Crippen molar-refractivity contribution in [3.05, 3.63) is 10.6 Å². The summed E-state index contributed by atoms with van der Waals surface area (Å²) < 4.78 is 5.32. The maximum atomic E-state index is 5.60. The molecule has 0 aromatic carbocycles. The highest BCUT2D eigenvalue weighted by molar-refractivity contribution is 6.31. The first kappa shape index (κ1) is 13.5. The average molecular weight is 264 g/mol. The molecule has 1 aromatic heterocycles. The SMILES string of the molecule is CCCCCCCOc1nc(Cl)nc(Cl)n1. The Labute approximate surface area is 105 Å².